The summed E-state index contributed by atoms with van der Waals surface area (Å²) in [5.74, 6) is 0.437. The molecule has 0 fully saturated rings. The molecule has 0 bridgehead atoms. The van der Waals surface area contributed by atoms with Crippen molar-refractivity contribution in [3.8, 4) is 22.4 Å². The van der Waals surface area contributed by atoms with Gasteiger partial charge in [0, 0.05) is 15.6 Å². The molecule has 0 aliphatic carbocycles. The third kappa shape index (κ3) is 2.50. The van der Waals surface area contributed by atoms with Gasteiger partial charge in [-0.15, -0.1) is 0 Å². The Kier molecular flexibility index (Phi) is 3.62. The number of hydrogen-bond donors (Lipinski definition) is 2. The van der Waals surface area contributed by atoms with Gasteiger partial charge in [-0.1, -0.05) is 47.5 Å². The fourth-order valence-electron chi connectivity index (χ4n) is 2.37. The van der Waals surface area contributed by atoms with Crippen LogP contribution in [0.2, 0.25) is 10.0 Å². The number of H-pyrrole nitrogens is 1. The predicted molar refractivity (Wildman–Crippen MR) is 88.6 cm³/mol. The van der Waals surface area contributed by atoms with E-state index in [2.05, 4.69) is 10.2 Å². The van der Waals surface area contributed by atoms with Gasteiger partial charge in [0.05, 0.1) is 11.3 Å². The summed E-state index contributed by atoms with van der Waals surface area (Å²) in [5.41, 5.74) is 10.6. The molecule has 0 spiro atoms. The zero-order valence-corrected chi connectivity index (χ0v) is 12.8. The number of halogens is 2. The molecule has 0 atom stereocenters. The molecule has 106 valence electrons. The highest BCUT2D eigenvalue weighted by molar-refractivity contribution is 6.32. The molecule has 0 aliphatic heterocycles. The summed E-state index contributed by atoms with van der Waals surface area (Å²) in [6.07, 6.45) is 0. The maximum absolute atomic E-state index is 6.21. The Hall–Kier alpha value is -1.97. The molecular weight excluding hydrogens is 305 g/mol. The average molecular weight is 318 g/mol. The Balaban J connectivity index is 2.24. The molecule has 3 aromatic rings. The maximum atomic E-state index is 6.21. The molecule has 0 amide bonds. The van der Waals surface area contributed by atoms with E-state index in [0.29, 0.717) is 15.9 Å². The van der Waals surface area contributed by atoms with Crippen molar-refractivity contribution >= 4 is 29.0 Å². The Morgan fingerprint density at radius 2 is 1.86 bits per heavy atom. The normalized spacial score (nSPS) is 10.8. The minimum Gasteiger partial charge on any atom is -0.382 e. The van der Waals surface area contributed by atoms with Crippen molar-refractivity contribution in [2.45, 2.75) is 6.92 Å². The first-order chi connectivity index (χ1) is 10.1. The zero-order chi connectivity index (χ0) is 15.0. The van der Waals surface area contributed by atoms with Crippen molar-refractivity contribution in [1.82, 2.24) is 10.2 Å². The third-order valence-corrected chi connectivity index (χ3v) is 4.09. The lowest BCUT2D eigenvalue weighted by Gasteiger charge is -2.09. The molecule has 0 unspecified atom stereocenters. The van der Waals surface area contributed by atoms with Crippen LogP contribution in [-0.4, -0.2) is 10.2 Å². The van der Waals surface area contributed by atoms with E-state index in [4.69, 9.17) is 28.9 Å². The summed E-state index contributed by atoms with van der Waals surface area (Å²) < 4.78 is 0. The Morgan fingerprint density at radius 3 is 2.62 bits per heavy atom. The van der Waals surface area contributed by atoms with Crippen LogP contribution in [0.25, 0.3) is 22.4 Å². The van der Waals surface area contributed by atoms with Crippen LogP contribution in [0.15, 0.2) is 42.5 Å². The van der Waals surface area contributed by atoms with Gasteiger partial charge in [-0.25, -0.2) is 0 Å². The van der Waals surface area contributed by atoms with Crippen molar-refractivity contribution in [3.63, 3.8) is 0 Å². The lowest BCUT2D eigenvalue weighted by atomic mass is 9.98. The molecular formula is C16H13Cl2N3. The fraction of sp³-hybridized carbons (Fsp3) is 0.0625. The van der Waals surface area contributed by atoms with Gasteiger partial charge in [0.2, 0.25) is 0 Å². The topological polar surface area (TPSA) is 54.7 Å². The summed E-state index contributed by atoms with van der Waals surface area (Å²) in [7, 11) is 0. The van der Waals surface area contributed by atoms with Crippen LogP contribution in [0.5, 0.6) is 0 Å². The zero-order valence-electron chi connectivity index (χ0n) is 11.3. The maximum Gasteiger partial charge on any atom is 0.153 e. The summed E-state index contributed by atoms with van der Waals surface area (Å²) in [6.45, 7) is 1.97. The second-order valence-corrected chi connectivity index (χ2v) is 5.63. The van der Waals surface area contributed by atoms with E-state index in [1.54, 1.807) is 0 Å². The fourth-order valence-corrected chi connectivity index (χ4v) is 2.73. The summed E-state index contributed by atoms with van der Waals surface area (Å²) in [4.78, 5) is 0. The van der Waals surface area contributed by atoms with E-state index in [1.165, 1.54) is 0 Å². The van der Waals surface area contributed by atoms with Crippen LogP contribution in [0.1, 0.15) is 5.56 Å². The van der Waals surface area contributed by atoms with Crippen molar-refractivity contribution < 1.29 is 0 Å². The lowest BCUT2D eigenvalue weighted by molar-refractivity contribution is 1.10. The molecule has 0 radical (unpaired) electrons. The van der Waals surface area contributed by atoms with Crippen molar-refractivity contribution in [1.29, 1.82) is 0 Å². The molecule has 3 N–H and O–H groups in total. The number of nitrogens with zero attached hydrogens (tertiary/aromatic N) is 1. The number of nitrogen functional groups attached to an aromatic ring is 1. The van der Waals surface area contributed by atoms with Crippen LogP contribution in [0.4, 0.5) is 5.82 Å². The second-order valence-electron chi connectivity index (χ2n) is 4.78. The average Bonchev–Trinajstić information content (AvgIpc) is 2.83. The van der Waals surface area contributed by atoms with E-state index in [9.17, 15) is 0 Å². The number of nitrogens with two attached hydrogens (primary N) is 1. The van der Waals surface area contributed by atoms with Crippen LogP contribution in [-0.2, 0) is 0 Å². The molecule has 3 nitrogen and oxygen atoms in total. The van der Waals surface area contributed by atoms with Crippen LogP contribution in [0.3, 0.4) is 0 Å². The minimum atomic E-state index is 0.437. The number of rotatable bonds is 2. The largest absolute Gasteiger partial charge is 0.382 e. The van der Waals surface area contributed by atoms with Crippen molar-refractivity contribution in [2.24, 2.45) is 0 Å². The van der Waals surface area contributed by atoms with Gasteiger partial charge in [0.15, 0.2) is 5.82 Å². The predicted octanol–water partition coefficient (Wildman–Crippen LogP) is 4.94. The molecule has 21 heavy (non-hydrogen) atoms. The monoisotopic (exact) mass is 317 g/mol. The molecule has 3 rings (SSSR count). The lowest BCUT2D eigenvalue weighted by Crippen LogP contribution is -1.90. The Bertz CT molecular complexity index is 809. The van der Waals surface area contributed by atoms with E-state index < -0.39 is 0 Å². The Morgan fingerprint density at radius 1 is 1.10 bits per heavy atom. The Labute approximate surface area is 132 Å². The minimum absolute atomic E-state index is 0.437. The quantitative estimate of drug-likeness (QED) is 0.703. The molecule has 5 heteroatoms. The molecule has 1 aromatic heterocycles. The van der Waals surface area contributed by atoms with Crippen LogP contribution >= 0.6 is 23.2 Å². The van der Waals surface area contributed by atoms with Crippen LogP contribution < -0.4 is 5.73 Å². The molecule has 0 saturated heterocycles. The molecule has 0 saturated carbocycles. The van der Waals surface area contributed by atoms with Gasteiger partial charge in [-0.2, -0.15) is 5.10 Å². The van der Waals surface area contributed by atoms with Gasteiger partial charge in [-0.3, -0.25) is 5.10 Å². The number of benzene rings is 2. The smallest absolute Gasteiger partial charge is 0.153 e. The highest BCUT2D eigenvalue weighted by Crippen LogP contribution is 2.38. The summed E-state index contributed by atoms with van der Waals surface area (Å²) >= 11 is 12.3. The van der Waals surface area contributed by atoms with E-state index >= 15 is 0 Å². The van der Waals surface area contributed by atoms with Gasteiger partial charge in [-0.05, 0) is 36.2 Å². The van der Waals surface area contributed by atoms with E-state index in [0.717, 1.165) is 27.9 Å². The number of aromatic amines is 1. The van der Waals surface area contributed by atoms with E-state index in [1.807, 2.05) is 49.4 Å². The molecule has 2 aromatic carbocycles. The number of aromatic nitrogens is 2. The van der Waals surface area contributed by atoms with E-state index in [-0.39, 0.29) is 0 Å². The first-order valence-electron chi connectivity index (χ1n) is 6.43. The van der Waals surface area contributed by atoms with Crippen molar-refractivity contribution in [2.75, 3.05) is 5.73 Å². The first-order valence-corrected chi connectivity index (χ1v) is 7.19. The molecule has 1 heterocycles. The van der Waals surface area contributed by atoms with Gasteiger partial charge in [0.1, 0.15) is 0 Å². The highest BCUT2D eigenvalue weighted by atomic mass is 35.5. The molecule has 0 aliphatic rings. The number of hydrogen-bond acceptors (Lipinski definition) is 2. The standard InChI is InChI=1S/C16H13Cl2N3/c1-9-12(6-3-7-13(9)18)15-14(16(19)21-20-15)10-4-2-5-11(17)8-10/h2-8H,1H3,(H3,19,20,21). The number of anilines is 1. The summed E-state index contributed by atoms with van der Waals surface area (Å²) in [5, 5.41) is 8.50. The second kappa shape index (κ2) is 5.43. The number of nitrogens with one attached hydrogen (secondary N) is 1. The highest BCUT2D eigenvalue weighted by Gasteiger charge is 2.17. The van der Waals surface area contributed by atoms with Crippen molar-refractivity contribution in [3.05, 3.63) is 58.1 Å². The SMILES string of the molecule is Cc1c(Cl)cccc1-c1[nH]nc(N)c1-c1cccc(Cl)c1. The van der Waals surface area contributed by atoms with Gasteiger partial charge in [0.25, 0.3) is 0 Å². The van der Waals surface area contributed by atoms with Gasteiger partial charge >= 0.3 is 0 Å². The first kappa shape index (κ1) is 14.0. The third-order valence-electron chi connectivity index (χ3n) is 3.44. The summed E-state index contributed by atoms with van der Waals surface area (Å²) in [6, 6.07) is 13.3. The van der Waals surface area contributed by atoms with Gasteiger partial charge < -0.3 is 5.73 Å². The van der Waals surface area contributed by atoms with Crippen LogP contribution in [0, 0.1) is 6.92 Å².